The summed E-state index contributed by atoms with van der Waals surface area (Å²) in [4.78, 5) is 2.41. The predicted octanol–water partition coefficient (Wildman–Crippen LogP) is -0.385. The fraction of sp³-hybridized carbons (Fsp3) is 1.00. The average molecular weight is 221 g/mol. The summed E-state index contributed by atoms with van der Waals surface area (Å²) in [5, 5.41) is 20.8. The van der Waals surface area contributed by atoms with Crippen LogP contribution in [0.3, 0.4) is 0 Å². The normalized spacial score (nSPS) is 14.3. The van der Waals surface area contributed by atoms with Gasteiger partial charge in [-0.2, -0.15) is 0 Å². The van der Waals surface area contributed by atoms with Gasteiger partial charge in [-0.1, -0.05) is 0 Å². The molecule has 0 spiro atoms. The summed E-state index contributed by atoms with van der Waals surface area (Å²) >= 11 is 0. The van der Waals surface area contributed by atoms with Crippen LogP contribution in [-0.2, 0) is 14.2 Å². The largest absolute Gasteiger partial charge is 0.394 e. The fourth-order valence-electron chi connectivity index (χ4n) is 0.688. The van der Waals surface area contributed by atoms with Crippen molar-refractivity contribution in [3.8, 4) is 0 Å². The molecule has 0 aliphatic rings. The summed E-state index contributed by atoms with van der Waals surface area (Å²) in [5.74, 6) is -1.98. The van der Waals surface area contributed by atoms with E-state index in [2.05, 4.69) is 14.8 Å². The minimum atomic E-state index is -1.98. The highest BCUT2D eigenvalue weighted by Gasteiger charge is 2.24. The van der Waals surface area contributed by atoms with Crippen LogP contribution in [-0.4, -0.2) is 56.3 Å². The zero-order valence-corrected chi connectivity index (χ0v) is 8.50. The average Bonchev–Trinajstić information content (AvgIpc) is 2.24. The molecule has 0 saturated carbocycles. The molecule has 0 radical (unpaired) electrons. The molecule has 15 heavy (non-hydrogen) atoms. The number of ether oxygens (including phenoxy) is 3. The van der Waals surface area contributed by atoms with Crippen molar-refractivity contribution < 1.29 is 24.4 Å². The summed E-state index contributed by atoms with van der Waals surface area (Å²) in [6.45, 7) is 0.369. The number of rotatable bonds is 9. The van der Waals surface area contributed by atoms with E-state index in [1.807, 2.05) is 0 Å². The van der Waals surface area contributed by atoms with Gasteiger partial charge in [-0.25, -0.2) is 0 Å². The summed E-state index contributed by atoms with van der Waals surface area (Å²) in [5.41, 5.74) is 8.12. The molecule has 0 heterocycles. The Morgan fingerprint density at radius 1 is 1.33 bits per heavy atom. The van der Waals surface area contributed by atoms with Gasteiger partial charge in [0.2, 0.25) is 0 Å². The second kappa shape index (κ2) is 8.42. The van der Waals surface area contributed by atoms with Gasteiger partial charge in [-0.05, 0) is 10.6 Å². The number of nitrogens with zero attached hydrogens (tertiary/aromatic N) is 3. The van der Waals surface area contributed by atoms with Crippen LogP contribution >= 0.6 is 0 Å². The molecule has 0 aliphatic carbocycles. The zero-order valence-electron chi connectivity index (χ0n) is 8.50. The van der Waals surface area contributed by atoms with Gasteiger partial charge in [-0.15, -0.1) is 0 Å². The SMILES string of the molecule is COC(O)(COCCOCCO)N=[N+]=[N-]. The molecule has 8 nitrogen and oxygen atoms in total. The monoisotopic (exact) mass is 221 g/mol. The van der Waals surface area contributed by atoms with Crippen molar-refractivity contribution in [3.63, 3.8) is 0 Å². The molecule has 0 aromatic heterocycles. The minimum absolute atomic E-state index is 0.0548. The van der Waals surface area contributed by atoms with Crippen LogP contribution in [0.4, 0.5) is 0 Å². The fourth-order valence-corrected chi connectivity index (χ4v) is 0.688. The molecule has 88 valence electrons. The first-order valence-electron chi connectivity index (χ1n) is 4.28. The van der Waals surface area contributed by atoms with Crippen LogP contribution in [0.1, 0.15) is 0 Å². The van der Waals surface area contributed by atoms with Crippen LogP contribution in [0, 0.1) is 0 Å². The standard InChI is InChI=1S/C7H15N3O5/c1-13-7(12,9-10-8)6-15-5-4-14-3-2-11/h11-12H,2-6H2,1H3. The van der Waals surface area contributed by atoms with E-state index in [0.29, 0.717) is 0 Å². The topological polar surface area (TPSA) is 117 Å². The van der Waals surface area contributed by atoms with Crippen molar-refractivity contribution in [3.05, 3.63) is 10.4 Å². The molecule has 0 rings (SSSR count). The highest BCUT2D eigenvalue weighted by atomic mass is 16.7. The lowest BCUT2D eigenvalue weighted by molar-refractivity contribution is -0.213. The molecule has 0 aromatic rings. The number of aliphatic hydroxyl groups is 2. The Kier molecular flexibility index (Phi) is 7.92. The van der Waals surface area contributed by atoms with E-state index in [9.17, 15) is 5.11 Å². The summed E-state index contributed by atoms with van der Waals surface area (Å²) in [7, 11) is 1.19. The molecule has 0 amide bonds. The molecule has 2 N–H and O–H groups in total. The van der Waals surface area contributed by atoms with Crippen molar-refractivity contribution >= 4 is 0 Å². The van der Waals surface area contributed by atoms with Crippen molar-refractivity contribution in [2.75, 3.05) is 40.1 Å². The Morgan fingerprint density at radius 3 is 2.53 bits per heavy atom. The number of hydrogen-bond acceptors (Lipinski definition) is 6. The summed E-state index contributed by atoms with van der Waals surface area (Å²) in [6, 6.07) is 0. The van der Waals surface area contributed by atoms with E-state index >= 15 is 0 Å². The Labute approximate surface area is 87.0 Å². The number of methoxy groups -OCH3 is 1. The number of aliphatic hydroxyl groups excluding tert-OH is 1. The maximum absolute atomic E-state index is 9.37. The third-order valence-corrected chi connectivity index (χ3v) is 1.43. The van der Waals surface area contributed by atoms with Gasteiger partial charge in [0.25, 0.3) is 5.91 Å². The van der Waals surface area contributed by atoms with Crippen molar-refractivity contribution in [1.29, 1.82) is 0 Å². The maximum Gasteiger partial charge on any atom is 0.270 e. The van der Waals surface area contributed by atoms with E-state index in [1.165, 1.54) is 7.11 Å². The Bertz CT molecular complexity index is 209. The third kappa shape index (κ3) is 7.09. The van der Waals surface area contributed by atoms with Gasteiger partial charge in [0, 0.05) is 12.0 Å². The molecular formula is C7H15N3O5. The lowest BCUT2D eigenvalue weighted by Gasteiger charge is -2.19. The first-order valence-corrected chi connectivity index (χ1v) is 4.28. The van der Waals surface area contributed by atoms with Crippen molar-refractivity contribution in [2.24, 2.45) is 5.11 Å². The van der Waals surface area contributed by atoms with E-state index < -0.39 is 5.91 Å². The molecule has 0 saturated heterocycles. The quantitative estimate of drug-likeness (QED) is 0.181. The van der Waals surface area contributed by atoms with Gasteiger partial charge in [0.15, 0.2) is 0 Å². The van der Waals surface area contributed by atoms with E-state index in [1.54, 1.807) is 0 Å². The lowest BCUT2D eigenvalue weighted by Crippen LogP contribution is -2.34. The van der Waals surface area contributed by atoms with Crippen molar-refractivity contribution in [1.82, 2.24) is 0 Å². The van der Waals surface area contributed by atoms with Gasteiger partial charge >= 0.3 is 0 Å². The first kappa shape index (κ1) is 14.1. The molecule has 0 aliphatic heterocycles. The maximum atomic E-state index is 9.37. The third-order valence-electron chi connectivity index (χ3n) is 1.43. The van der Waals surface area contributed by atoms with E-state index in [0.717, 1.165) is 0 Å². The van der Waals surface area contributed by atoms with Crippen LogP contribution < -0.4 is 0 Å². The molecule has 1 unspecified atom stereocenters. The molecule has 8 heteroatoms. The Balaban J connectivity index is 3.59. The predicted molar refractivity (Wildman–Crippen MR) is 49.8 cm³/mol. The molecule has 0 fully saturated rings. The highest BCUT2D eigenvalue weighted by molar-refractivity contribution is 4.62. The van der Waals surface area contributed by atoms with E-state index in [4.69, 9.17) is 20.1 Å². The molecule has 0 aromatic carbocycles. The van der Waals surface area contributed by atoms with Crippen LogP contribution in [0.25, 0.3) is 10.4 Å². The first-order chi connectivity index (χ1) is 7.18. The van der Waals surface area contributed by atoms with Gasteiger partial charge in [0.05, 0.1) is 26.4 Å². The smallest absolute Gasteiger partial charge is 0.270 e. The molecule has 1 atom stereocenters. The molecule has 0 bridgehead atoms. The van der Waals surface area contributed by atoms with Crippen LogP contribution in [0.15, 0.2) is 5.11 Å². The lowest BCUT2D eigenvalue weighted by atomic mass is 10.5. The van der Waals surface area contributed by atoms with Gasteiger partial charge < -0.3 is 24.4 Å². The minimum Gasteiger partial charge on any atom is -0.394 e. The van der Waals surface area contributed by atoms with Gasteiger partial charge in [0.1, 0.15) is 6.61 Å². The molecular weight excluding hydrogens is 206 g/mol. The zero-order chi connectivity index (χ0) is 11.6. The van der Waals surface area contributed by atoms with Crippen molar-refractivity contribution in [2.45, 2.75) is 5.91 Å². The Hall–Kier alpha value is -0.890. The number of hydrogen-bond donors (Lipinski definition) is 2. The van der Waals surface area contributed by atoms with Crippen LogP contribution in [0.2, 0.25) is 0 Å². The number of azide groups is 1. The van der Waals surface area contributed by atoms with Gasteiger partial charge in [-0.3, -0.25) is 0 Å². The summed E-state index contributed by atoms with van der Waals surface area (Å²) in [6.07, 6.45) is 0. The highest BCUT2D eigenvalue weighted by Crippen LogP contribution is 2.07. The summed E-state index contributed by atoms with van der Waals surface area (Å²) < 4.78 is 14.4. The Morgan fingerprint density at radius 2 is 2.00 bits per heavy atom. The second-order valence-corrected chi connectivity index (χ2v) is 2.53. The van der Waals surface area contributed by atoms with Crippen LogP contribution in [0.5, 0.6) is 0 Å². The van der Waals surface area contributed by atoms with E-state index in [-0.39, 0.29) is 33.0 Å². The second-order valence-electron chi connectivity index (χ2n) is 2.53.